The molecule has 3 nitrogen and oxygen atoms in total. The molecule has 0 amide bonds. The molecule has 0 aliphatic heterocycles. The lowest BCUT2D eigenvalue weighted by Gasteiger charge is -2.12. The van der Waals surface area contributed by atoms with Crippen LogP contribution in [0, 0.1) is 5.82 Å². The van der Waals surface area contributed by atoms with Crippen LogP contribution in [0.1, 0.15) is 17.2 Å². The van der Waals surface area contributed by atoms with Crippen molar-refractivity contribution in [3.8, 4) is 0 Å². The van der Waals surface area contributed by atoms with E-state index in [1.54, 1.807) is 18.5 Å². The quantitative estimate of drug-likeness (QED) is 0.947. The van der Waals surface area contributed by atoms with Crippen LogP contribution in [0.4, 0.5) is 4.39 Å². The largest absolute Gasteiger partial charge is 0.324 e. The van der Waals surface area contributed by atoms with Crippen molar-refractivity contribution in [3.05, 3.63) is 58.3 Å². The number of halogens is 2. The van der Waals surface area contributed by atoms with Gasteiger partial charge < -0.3 is 5.73 Å². The summed E-state index contributed by atoms with van der Waals surface area (Å²) in [5.74, 6) is -0.264. The monoisotopic (exact) mass is 295 g/mol. The fraction of sp³-hybridized carbons (Fsp3) is 0.167. The molecule has 2 N–H and O–H groups in total. The number of hydrogen-bond donors (Lipinski definition) is 1. The van der Waals surface area contributed by atoms with Crippen molar-refractivity contribution in [1.82, 2.24) is 9.97 Å². The minimum Gasteiger partial charge on any atom is -0.324 e. The fourth-order valence-electron chi connectivity index (χ4n) is 1.56. The molecule has 0 aliphatic rings. The molecule has 0 saturated carbocycles. The van der Waals surface area contributed by atoms with E-state index >= 15 is 0 Å². The molecule has 2 rings (SSSR count). The SMILES string of the molecule is NC(Cc1cc(F)ccc1Br)c1cncnc1. The zero-order valence-electron chi connectivity index (χ0n) is 8.98. The van der Waals surface area contributed by atoms with Crippen LogP contribution in [0.3, 0.4) is 0 Å². The summed E-state index contributed by atoms with van der Waals surface area (Å²) in [7, 11) is 0. The van der Waals surface area contributed by atoms with E-state index in [9.17, 15) is 4.39 Å². The van der Waals surface area contributed by atoms with E-state index in [0.717, 1.165) is 15.6 Å². The summed E-state index contributed by atoms with van der Waals surface area (Å²) in [4.78, 5) is 7.82. The Morgan fingerprint density at radius 2 is 2.00 bits per heavy atom. The van der Waals surface area contributed by atoms with Crippen molar-refractivity contribution in [2.24, 2.45) is 5.73 Å². The normalized spacial score (nSPS) is 12.4. The lowest BCUT2D eigenvalue weighted by molar-refractivity contribution is 0.621. The predicted molar refractivity (Wildman–Crippen MR) is 66.8 cm³/mol. The smallest absolute Gasteiger partial charge is 0.123 e. The van der Waals surface area contributed by atoms with Gasteiger partial charge in [-0.3, -0.25) is 0 Å². The number of benzene rings is 1. The summed E-state index contributed by atoms with van der Waals surface area (Å²) in [6, 6.07) is 4.33. The molecular formula is C12H11BrFN3. The summed E-state index contributed by atoms with van der Waals surface area (Å²) >= 11 is 3.38. The second-order valence-electron chi connectivity index (χ2n) is 3.72. The van der Waals surface area contributed by atoms with Crippen molar-refractivity contribution >= 4 is 15.9 Å². The first-order chi connectivity index (χ1) is 8.16. The van der Waals surface area contributed by atoms with Gasteiger partial charge in [0.05, 0.1) is 0 Å². The zero-order chi connectivity index (χ0) is 12.3. The van der Waals surface area contributed by atoms with Crippen LogP contribution in [-0.4, -0.2) is 9.97 Å². The molecule has 1 heterocycles. The van der Waals surface area contributed by atoms with Gasteiger partial charge in [-0.15, -0.1) is 0 Å². The zero-order valence-corrected chi connectivity index (χ0v) is 10.6. The third-order valence-corrected chi connectivity index (χ3v) is 3.23. The highest BCUT2D eigenvalue weighted by molar-refractivity contribution is 9.10. The first-order valence-electron chi connectivity index (χ1n) is 5.11. The number of aromatic nitrogens is 2. The van der Waals surface area contributed by atoms with Crippen LogP contribution in [0.15, 0.2) is 41.4 Å². The predicted octanol–water partition coefficient (Wildman–Crippen LogP) is 2.62. The summed E-state index contributed by atoms with van der Waals surface area (Å²) in [5.41, 5.74) is 7.69. The summed E-state index contributed by atoms with van der Waals surface area (Å²) < 4.78 is 14.0. The molecule has 1 atom stereocenters. The molecular weight excluding hydrogens is 285 g/mol. The summed E-state index contributed by atoms with van der Waals surface area (Å²) in [6.45, 7) is 0. The molecule has 5 heteroatoms. The number of nitrogens with two attached hydrogens (primary N) is 1. The molecule has 1 aromatic heterocycles. The summed E-state index contributed by atoms with van der Waals surface area (Å²) in [6.07, 6.45) is 5.33. The molecule has 0 fully saturated rings. The average molecular weight is 296 g/mol. The van der Waals surface area contributed by atoms with Gasteiger partial charge in [0.25, 0.3) is 0 Å². The van der Waals surface area contributed by atoms with E-state index in [0.29, 0.717) is 6.42 Å². The fourth-order valence-corrected chi connectivity index (χ4v) is 1.97. The van der Waals surface area contributed by atoms with Crippen LogP contribution >= 0.6 is 15.9 Å². The van der Waals surface area contributed by atoms with E-state index < -0.39 is 0 Å². The van der Waals surface area contributed by atoms with Crippen LogP contribution in [0.5, 0.6) is 0 Å². The Labute approximate surface area is 107 Å². The first kappa shape index (κ1) is 12.1. The van der Waals surface area contributed by atoms with Crippen LogP contribution in [-0.2, 0) is 6.42 Å². The van der Waals surface area contributed by atoms with Gasteiger partial charge in [0.15, 0.2) is 0 Å². The molecule has 0 spiro atoms. The molecule has 1 aromatic carbocycles. The van der Waals surface area contributed by atoms with E-state index in [-0.39, 0.29) is 11.9 Å². The lowest BCUT2D eigenvalue weighted by atomic mass is 10.0. The molecule has 17 heavy (non-hydrogen) atoms. The maximum absolute atomic E-state index is 13.1. The number of hydrogen-bond acceptors (Lipinski definition) is 3. The topological polar surface area (TPSA) is 51.8 Å². The Kier molecular flexibility index (Phi) is 3.81. The minimum atomic E-state index is -0.264. The van der Waals surface area contributed by atoms with Gasteiger partial charge >= 0.3 is 0 Å². The third-order valence-electron chi connectivity index (χ3n) is 2.46. The van der Waals surface area contributed by atoms with Gasteiger partial charge in [-0.05, 0) is 30.2 Å². The van der Waals surface area contributed by atoms with Crippen LogP contribution in [0.25, 0.3) is 0 Å². The molecule has 0 aliphatic carbocycles. The van der Waals surface area contributed by atoms with Crippen molar-refractivity contribution in [2.45, 2.75) is 12.5 Å². The Balaban J connectivity index is 2.18. The molecule has 0 bridgehead atoms. The number of nitrogens with zero attached hydrogens (tertiary/aromatic N) is 2. The van der Waals surface area contributed by atoms with Crippen molar-refractivity contribution in [1.29, 1.82) is 0 Å². The van der Waals surface area contributed by atoms with Crippen molar-refractivity contribution in [2.75, 3.05) is 0 Å². The van der Waals surface area contributed by atoms with Gasteiger partial charge in [-0.25, -0.2) is 14.4 Å². The van der Waals surface area contributed by atoms with E-state index in [2.05, 4.69) is 25.9 Å². The Morgan fingerprint density at radius 1 is 1.29 bits per heavy atom. The van der Waals surface area contributed by atoms with Crippen molar-refractivity contribution in [3.63, 3.8) is 0 Å². The van der Waals surface area contributed by atoms with Crippen LogP contribution < -0.4 is 5.73 Å². The molecule has 0 radical (unpaired) electrons. The second-order valence-corrected chi connectivity index (χ2v) is 4.57. The Bertz CT molecular complexity index is 504. The Hall–Kier alpha value is -1.33. The van der Waals surface area contributed by atoms with E-state index in [1.807, 2.05) is 0 Å². The summed E-state index contributed by atoms with van der Waals surface area (Å²) in [5, 5.41) is 0. The highest BCUT2D eigenvalue weighted by Gasteiger charge is 2.10. The Morgan fingerprint density at radius 3 is 2.71 bits per heavy atom. The van der Waals surface area contributed by atoms with Gasteiger partial charge in [-0.2, -0.15) is 0 Å². The second kappa shape index (κ2) is 5.33. The molecule has 2 aromatic rings. The van der Waals surface area contributed by atoms with E-state index in [4.69, 9.17) is 5.73 Å². The molecule has 88 valence electrons. The molecule has 1 unspecified atom stereocenters. The highest BCUT2D eigenvalue weighted by atomic mass is 79.9. The van der Waals surface area contributed by atoms with Gasteiger partial charge in [0.1, 0.15) is 12.1 Å². The standard InChI is InChI=1S/C12H11BrFN3/c13-11-2-1-10(14)3-8(11)4-12(15)9-5-16-7-17-6-9/h1-3,5-7,12H,4,15H2. The average Bonchev–Trinajstić information content (AvgIpc) is 2.35. The van der Waals surface area contributed by atoms with Crippen molar-refractivity contribution < 1.29 is 4.39 Å². The molecule has 0 saturated heterocycles. The maximum Gasteiger partial charge on any atom is 0.123 e. The van der Waals surface area contributed by atoms with E-state index in [1.165, 1.54) is 18.5 Å². The highest BCUT2D eigenvalue weighted by Crippen LogP contribution is 2.22. The first-order valence-corrected chi connectivity index (χ1v) is 5.90. The number of rotatable bonds is 3. The van der Waals surface area contributed by atoms with Gasteiger partial charge in [0.2, 0.25) is 0 Å². The lowest BCUT2D eigenvalue weighted by Crippen LogP contribution is -2.14. The minimum absolute atomic E-state index is 0.241. The third kappa shape index (κ3) is 3.08. The van der Waals surface area contributed by atoms with Crippen LogP contribution in [0.2, 0.25) is 0 Å². The van der Waals surface area contributed by atoms with Gasteiger partial charge in [-0.1, -0.05) is 15.9 Å². The maximum atomic E-state index is 13.1. The van der Waals surface area contributed by atoms with Gasteiger partial charge in [0, 0.05) is 28.5 Å².